The summed E-state index contributed by atoms with van der Waals surface area (Å²) in [6, 6.07) is 0.749. The number of carbonyl (C=O) groups is 1. The number of unbranched alkanes of at least 4 members (excludes halogenated alkanes) is 1. The van der Waals surface area contributed by atoms with E-state index in [0.717, 1.165) is 31.1 Å². The average molecular weight is 353 g/mol. The third-order valence-corrected chi connectivity index (χ3v) is 6.93. The van der Waals surface area contributed by atoms with E-state index in [0.29, 0.717) is 26.4 Å². The van der Waals surface area contributed by atoms with Crippen LogP contribution in [0.4, 0.5) is 0 Å². The molecule has 0 fully saturated rings. The molecule has 0 aliphatic carbocycles. The Labute approximate surface area is 140 Å². The lowest BCUT2D eigenvalue weighted by atomic mass is 10.4. The van der Waals surface area contributed by atoms with E-state index in [1.54, 1.807) is 0 Å². The third-order valence-electron chi connectivity index (χ3n) is 2.85. The molecular formula is C15H32O5SSi. The number of hydrogen-bond acceptors (Lipinski definition) is 6. The van der Waals surface area contributed by atoms with Gasteiger partial charge in [-0.2, -0.15) is 0 Å². The molecule has 0 rings (SSSR count). The number of rotatable bonds is 15. The van der Waals surface area contributed by atoms with Crippen LogP contribution in [0.2, 0.25) is 6.04 Å². The Hall–Kier alpha value is 0.0769. The first-order valence-electron chi connectivity index (χ1n) is 8.29. The van der Waals surface area contributed by atoms with Gasteiger partial charge in [-0.15, -0.1) is 0 Å². The first kappa shape index (κ1) is 22.1. The Balaban J connectivity index is 3.98. The van der Waals surface area contributed by atoms with Gasteiger partial charge in [0.1, 0.15) is 6.61 Å². The molecule has 0 spiro atoms. The molecule has 5 nitrogen and oxygen atoms in total. The van der Waals surface area contributed by atoms with Gasteiger partial charge in [-0.1, -0.05) is 25.1 Å². The van der Waals surface area contributed by atoms with Gasteiger partial charge in [-0.25, -0.2) is 0 Å². The maximum atomic E-state index is 11.7. The normalized spacial score (nSPS) is 11.8. The molecule has 0 atom stereocenters. The van der Waals surface area contributed by atoms with Crippen LogP contribution in [0.5, 0.6) is 0 Å². The van der Waals surface area contributed by atoms with E-state index in [-0.39, 0.29) is 11.7 Å². The summed E-state index contributed by atoms with van der Waals surface area (Å²) in [7, 11) is -2.56. The van der Waals surface area contributed by atoms with Gasteiger partial charge in [0.05, 0.1) is 0 Å². The highest BCUT2D eigenvalue weighted by Crippen LogP contribution is 2.20. The number of thioether (sulfide) groups is 1. The van der Waals surface area contributed by atoms with Crippen molar-refractivity contribution < 1.29 is 22.8 Å². The van der Waals surface area contributed by atoms with Crippen molar-refractivity contribution in [2.24, 2.45) is 0 Å². The summed E-state index contributed by atoms with van der Waals surface area (Å²) < 4.78 is 22.7. The topological polar surface area (TPSA) is 54.0 Å². The molecule has 0 saturated heterocycles. The van der Waals surface area contributed by atoms with Crippen LogP contribution in [0.1, 0.15) is 47.0 Å². The van der Waals surface area contributed by atoms with E-state index in [1.165, 1.54) is 11.8 Å². The summed E-state index contributed by atoms with van der Waals surface area (Å²) >= 11 is 1.32. The van der Waals surface area contributed by atoms with Crippen molar-refractivity contribution >= 4 is 25.7 Å². The van der Waals surface area contributed by atoms with Crippen LogP contribution in [0.3, 0.4) is 0 Å². The van der Waals surface area contributed by atoms with Gasteiger partial charge in [0.2, 0.25) is 5.12 Å². The van der Waals surface area contributed by atoms with Crippen molar-refractivity contribution in [3.63, 3.8) is 0 Å². The summed E-state index contributed by atoms with van der Waals surface area (Å²) in [5.41, 5.74) is 0. The van der Waals surface area contributed by atoms with Gasteiger partial charge >= 0.3 is 8.80 Å². The minimum atomic E-state index is -2.56. The summed E-state index contributed by atoms with van der Waals surface area (Å²) in [5, 5.41) is 0.0904. The Bertz CT molecular complexity index is 262. The van der Waals surface area contributed by atoms with Crippen molar-refractivity contribution in [3.05, 3.63) is 0 Å². The summed E-state index contributed by atoms with van der Waals surface area (Å²) in [6.45, 7) is 10.6. The van der Waals surface area contributed by atoms with E-state index >= 15 is 0 Å². The average Bonchev–Trinajstić information content (AvgIpc) is 2.49. The Morgan fingerprint density at radius 2 is 1.55 bits per heavy atom. The molecule has 0 unspecified atom stereocenters. The van der Waals surface area contributed by atoms with Gasteiger partial charge in [-0.05, 0) is 33.6 Å². The zero-order valence-corrected chi connectivity index (χ0v) is 16.3. The highest BCUT2D eigenvalue weighted by atomic mass is 32.2. The second-order valence-corrected chi connectivity index (χ2v) is 8.60. The number of carbonyl (C=O) groups excluding carboxylic acids is 1. The zero-order valence-electron chi connectivity index (χ0n) is 14.5. The zero-order chi connectivity index (χ0) is 16.7. The van der Waals surface area contributed by atoms with Crippen molar-refractivity contribution in [1.29, 1.82) is 0 Å². The van der Waals surface area contributed by atoms with Crippen LogP contribution < -0.4 is 0 Å². The van der Waals surface area contributed by atoms with Crippen LogP contribution in [-0.4, -0.2) is 52.7 Å². The predicted octanol–water partition coefficient (Wildman–Crippen LogP) is 3.50. The molecule has 0 amide bonds. The van der Waals surface area contributed by atoms with E-state index in [9.17, 15) is 4.79 Å². The fourth-order valence-electron chi connectivity index (χ4n) is 1.92. The second-order valence-electron chi connectivity index (χ2n) is 4.71. The molecule has 22 heavy (non-hydrogen) atoms. The maximum Gasteiger partial charge on any atom is 0.500 e. The second kappa shape index (κ2) is 14.7. The summed E-state index contributed by atoms with van der Waals surface area (Å²) in [6.07, 6.45) is 2.93. The molecule has 0 N–H and O–H groups in total. The molecule has 0 aromatic rings. The highest BCUT2D eigenvalue weighted by Gasteiger charge is 2.39. The van der Waals surface area contributed by atoms with Gasteiger partial charge in [0.25, 0.3) is 0 Å². The van der Waals surface area contributed by atoms with Crippen LogP contribution in [0.25, 0.3) is 0 Å². The molecule has 0 bridgehead atoms. The van der Waals surface area contributed by atoms with Crippen molar-refractivity contribution in [2.45, 2.75) is 53.0 Å². The fraction of sp³-hybridized carbons (Fsp3) is 0.933. The standard InChI is InChI=1S/C15H32O5SSi/c1-5-9-11-17-14-15(16)21-12-10-13-22(18-6-2,19-7-3)20-8-4/h5-14H2,1-4H3. The lowest BCUT2D eigenvalue weighted by molar-refractivity contribution is -0.115. The van der Waals surface area contributed by atoms with Gasteiger partial charge in [0, 0.05) is 38.2 Å². The van der Waals surface area contributed by atoms with Gasteiger partial charge in [0.15, 0.2) is 0 Å². The molecule has 0 saturated carbocycles. The summed E-state index contributed by atoms with van der Waals surface area (Å²) in [4.78, 5) is 11.7. The molecule has 0 aromatic heterocycles. The fourth-order valence-corrected chi connectivity index (χ4v) is 5.47. The molecule has 0 aliphatic rings. The van der Waals surface area contributed by atoms with E-state index in [2.05, 4.69) is 6.92 Å². The minimum Gasteiger partial charge on any atom is -0.374 e. The largest absolute Gasteiger partial charge is 0.500 e. The first-order valence-corrected chi connectivity index (χ1v) is 11.2. The molecule has 0 heterocycles. The van der Waals surface area contributed by atoms with E-state index in [4.69, 9.17) is 18.0 Å². The SMILES string of the molecule is CCCCOCC(=O)SCCC[Si](OCC)(OCC)OCC. The van der Waals surface area contributed by atoms with Gasteiger partial charge in [-0.3, -0.25) is 4.79 Å². The molecule has 0 aliphatic heterocycles. The molecule has 0 aromatic carbocycles. The molecule has 132 valence electrons. The Morgan fingerprint density at radius 1 is 0.955 bits per heavy atom. The Kier molecular flexibility index (Phi) is 14.7. The lowest BCUT2D eigenvalue weighted by Gasteiger charge is -2.28. The number of hydrogen-bond donors (Lipinski definition) is 0. The van der Waals surface area contributed by atoms with E-state index < -0.39 is 8.80 Å². The predicted molar refractivity (Wildman–Crippen MR) is 93.2 cm³/mol. The Morgan fingerprint density at radius 3 is 2.05 bits per heavy atom. The molecular weight excluding hydrogens is 320 g/mol. The highest BCUT2D eigenvalue weighted by molar-refractivity contribution is 8.13. The van der Waals surface area contributed by atoms with Gasteiger partial charge < -0.3 is 18.0 Å². The monoisotopic (exact) mass is 352 g/mol. The number of ether oxygens (including phenoxy) is 1. The minimum absolute atomic E-state index is 0.0904. The summed E-state index contributed by atoms with van der Waals surface area (Å²) in [5.74, 6) is 0.748. The van der Waals surface area contributed by atoms with Crippen molar-refractivity contribution in [2.75, 3.05) is 38.8 Å². The third kappa shape index (κ3) is 10.7. The first-order chi connectivity index (χ1) is 10.6. The van der Waals surface area contributed by atoms with Crippen LogP contribution in [-0.2, 0) is 22.8 Å². The maximum absolute atomic E-state index is 11.7. The van der Waals surface area contributed by atoms with Crippen molar-refractivity contribution in [3.8, 4) is 0 Å². The van der Waals surface area contributed by atoms with Crippen LogP contribution in [0, 0.1) is 0 Å². The lowest BCUT2D eigenvalue weighted by Crippen LogP contribution is -2.46. The smallest absolute Gasteiger partial charge is 0.374 e. The van der Waals surface area contributed by atoms with E-state index in [1.807, 2.05) is 20.8 Å². The van der Waals surface area contributed by atoms with Crippen LogP contribution in [0.15, 0.2) is 0 Å². The molecule has 0 radical (unpaired) electrons. The van der Waals surface area contributed by atoms with Crippen molar-refractivity contribution in [1.82, 2.24) is 0 Å². The quantitative estimate of drug-likeness (QED) is 0.332. The molecule has 7 heteroatoms. The van der Waals surface area contributed by atoms with Crippen LogP contribution >= 0.6 is 11.8 Å².